The lowest BCUT2D eigenvalue weighted by Crippen LogP contribution is -2.43. The minimum absolute atomic E-state index is 0.0212. The number of hydrogen-bond donors (Lipinski definition) is 0. The molecule has 148 valence electrons. The molecule has 0 radical (unpaired) electrons. The highest BCUT2D eigenvalue weighted by Crippen LogP contribution is 2.28. The van der Waals surface area contributed by atoms with Gasteiger partial charge < -0.3 is 14.2 Å². The molecule has 0 saturated carbocycles. The third kappa shape index (κ3) is 4.21. The highest BCUT2D eigenvalue weighted by Gasteiger charge is 2.38. The van der Waals surface area contributed by atoms with Crippen LogP contribution < -0.4 is 0 Å². The highest BCUT2D eigenvalue weighted by atomic mass is 16.6. The molecule has 0 N–H and O–H groups in total. The molecule has 1 aliphatic heterocycles. The summed E-state index contributed by atoms with van der Waals surface area (Å²) in [6.07, 6.45) is 4.93. The van der Waals surface area contributed by atoms with E-state index in [9.17, 15) is 19.7 Å². The predicted molar refractivity (Wildman–Crippen MR) is 102 cm³/mol. The Morgan fingerprint density at radius 3 is 2.68 bits per heavy atom. The molecule has 1 aliphatic rings. The third-order valence-electron chi connectivity index (χ3n) is 5.13. The first-order valence-electron chi connectivity index (χ1n) is 9.24. The number of hydrogen-bond acceptors (Lipinski definition) is 5. The second kappa shape index (κ2) is 8.69. The van der Waals surface area contributed by atoms with E-state index in [1.165, 1.54) is 19.4 Å². The van der Waals surface area contributed by atoms with Crippen molar-refractivity contribution in [3.63, 3.8) is 0 Å². The van der Waals surface area contributed by atoms with E-state index >= 15 is 0 Å². The number of amides is 1. The summed E-state index contributed by atoms with van der Waals surface area (Å²) in [6.45, 7) is 0.979. The first kappa shape index (κ1) is 19.6. The Bertz CT molecular complexity index is 849. The summed E-state index contributed by atoms with van der Waals surface area (Å²) in [5.41, 5.74) is 0.887. The van der Waals surface area contributed by atoms with Crippen molar-refractivity contribution in [2.24, 2.45) is 0 Å². The largest absolute Gasteiger partial charge is 0.467 e. The second-order valence-corrected chi connectivity index (χ2v) is 6.83. The maximum Gasteiger partial charge on any atom is 0.328 e. The molecule has 28 heavy (non-hydrogen) atoms. The van der Waals surface area contributed by atoms with Crippen LogP contribution >= 0.6 is 0 Å². The van der Waals surface area contributed by atoms with Crippen molar-refractivity contribution < 1.29 is 19.2 Å². The van der Waals surface area contributed by atoms with E-state index in [4.69, 9.17) is 4.74 Å². The van der Waals surface area contributed by atoms with Gasteiger partial charge in [0.15, 0.2) is 0 Å². The number of carbonyl (C=O) groups is 2. The van der Waals surface area contributed by atoms with Crippen molar-refractivity contribution in [3.8, 4) is 0 Å². The number of methoxy groups -OCH3 is 1. The molecule has 2 heterocycles. The van der Waals surface area contributed by atoms with E-state index in [-0.39, 0.29) is 11.6 Å². The van der Waals surface area contributed by atoms with Crippen molar-refractivity contribution >= 4 is 17.6 Å². The molecular weight excluding hydrogens is 362 g/mol. The molecule has 1 unspecified atom stereocenters. The van der Waals surface area contributed by atoms with Crippen LogP contribution in [0.2, 0.25) is 0 Å². The van der Waals surface area contributed by atoms with Crippen molar-refractivity contribution in [2.45, 2.75) is 37.8 Å². The lowest BCUT2D eigenvalue weighted by molar-refractivity contribution is -0.384. The van der Waals surface area contributed by atoms with Gasteiger partial charge in [0.2, 0.25) is 5.91 Å². The zero-order valence-electron chi connectivity index (χ0n) is 15.7. The Balaban J connectivity index is 1.79. The topological polar surface area (TPSA) is 94.7 Å². The Hall–Kier alpha value is -3.16. The normalized spacial score (nSPS) is 17.3. The number of rotatable bonds is 7. The first-order chi connectivity index (χ1) is 13.5. The number of aryl methyl sites for hydroxylation is 1. The van der Waals surface area contributed by atoms with Gasteiger partial charge in [-0.2, -0.15) is 0 Å². The number of carbonyl (C=O) groups excluding carboxylic acids is 2. The van der Waals surface area contributed by atoms with Crippen molar-refractivity contribution in [2.75, 3.05) is 13.7 Å². The van der Waals surface area contributed by atoms with Gasteiger partial charge in [0.1, 0.15) is 6.04 Å². The van der Waals surface area contributed by atoms with Crippen LogP contribution in [0.15, 0.2) is 48.8 Å². The Morgan fingerprint density at radius 1 is 1.29 bits per heavy atom. The molecule has 2 atom stereocenters. The van der Waals surface area contributed by atoms with Crippen LogP contribution in [-0.2, 0) is 20.9 Å². The van der Waals surface area contributed by atoms with E-state index < -0.39 is 22.9 Å². The summed E-state index contributed by atoms with van der Waals surface area (Å²) in [5.74, 6) is -0.938. The molecule has 0 bridgehead atoms. The van der Waals surface area contributed by atoms with Gasteiger partial charge in [0.25, 0.3) is 5.69 Å². The van der Waals surface area contributed by atoms with Crippen LogP contribution in [0, 0.1) is 10.1 Å². The van der Waals surface area contributed by atoms with E-state index in [0.29, 0.717) is 25.9 Å². The number of nitrogens with zero attached hydrogens (tertiary/aromatic N) is 3. The predicted octanol–water partition coefficient (Wildman–Crippen LogP) is 2.73. The van der Waals surface area contributed by atoms with Gasteiger partial charge in [0.05, 0.1) is 24.1 Å². The number of benzene rings is 1. The summed E-state index contributed by atoms with van der Waals surface area (Å²) in [7, 11) is 1.33. The van der Waals surface area contributed by atoms with Gasteiger partial charge in [-0.25, -0.2) is 4.79 Å². The Morgan fingerprint density at radius 2 is 2.04 bits per heavy atom. The average molecular weight is 385 g/mol. The maximum absolute atomic E-state index is 13.3. The number of aromatic nitrogens is 1. The molecular formula is C20H23N3O5. The molecule has 8 nitrogen and oxygen atoms in total. The summed E-state index contributed by atoms with van der Waals surface area (Å²) in [6, 6.07) is 10.3. The van der Waals surface area contributed by atoms with Gasteiger partial charge in [-0.15, -0.1) is 0 Å². The van der Waals surface area contributed by atoms with Gasteiger partial charge in [-0.1, -0.05) is 30.3 Å². The average Bonchev–Trinajstić information content (AvgIpc) is 3.38. The summed E-state index contributed by atoms with van der Waals surface area (Å²) >= 11 is 0. The van der Waals surface area contributed by atoms with E-state index in [1.807, 2.05) is 30.3 Å². The van der Waals surface area contributed by atoms with Crippen LogP contribution in [0.5, 0.6) is 0 Å². The van der Waals surface area contributed by atoms with Gasteiger partial charge in [0, 0.05) is 25.4 Å². The molecule has 2 aromatic rings. The fraction of sp³-hybridized carbons (Fsp3) is 0.400. The number of esters is 1. The molecule has 0 aliphatic carbocycles. The second-order valence-electron chi connectivity index (χ2n) is 6.83. The molecule has 0 spiro atoms. The minimum atomic E-state index is -0.545. The van der Waals surface area contributed by atoms with Crippen LogP contribution in [0.3, 0.4) is 0 Å². The Kier molecular flexibility index (Phi) is 6.08. The smallest absolute Gasteiger partial charge is 0.328 e. The van der Waals surface area contributed by atoms with Crippen LogP contribution in [0.4, 0.5) is 5.69 Å². The molecule has 1 saturated heterocycles. The van der Waals surface area contributed by atoms with E-state index in [2.05, 4.69) is 0 Å². The summed E-state index contributed by atoms with van der Waals surface area (Å²) in [5, 5.41) is 10.9. The molecule has 1 amide bonds. The highest BCUT2D eigenvalue weighted by molar-refractivity contribution is 5.89. The zero-order chi connectivity index (χ0) is 20.1. The number of ether oxygens (including phenoxy) is 1. The molecule has 1 fully saturated rings. The zero-order valence-corrected chi connectivity index (χ0v) is 15.7. The van der Waals surface area contributed by atoms with Gasteiger partial charge in [-0.05, 0) is 24.8 Å². The van der Waals surface area contributed by atoms with Gasteiger partial charge in [-0.3, -0.25) is 14.9 Å². The quantitative estimate of drug-likeness (QED) is 0.415. The monoisotopic (exact) mass is 385 g/mol. The van der Waals surface area contributed by atoms with E-state index in [0.717, 1.165) is 12.0 Å². The lowest BCUT2D eigenvalue weighted by Gasteiger charge is -2.28. The number of likely N-dealkylation sites (tertiary alicyclic amines) is 1. The fourth-order valence-electron chi connectivity index (χ4n) is 3.68. The molecule has 8 heteroatoms. The van der Waals surface area contributed by atoms with Crippen molar-refractivity contribution in [1.29, 1.82) is 0 Å². The lowest BCUT2D eigenvalue weighted by atomic mass is 9.93. The van der Waals surface area contributed by atoms with Crippen molar-refractivity contribution in [3.05, 3.63) is 64.5 Å². The summed E-state index contributed by atoms with van der Waals surface area (Å²) in [4.78, 5) is 37.4. The van der Waals surface area contributed by atoms with Gasteiger partial charge >= 0.3 is 5.97 Å². The maximum atomic E-state index is 13.3. The first-order valence-corrected chi connectivity index (χ1v) is 9.24. The molecule has 1 aromatic heterocycles. The summed E-state index contributed by atoms with van der Waals surface area (Å²) < 4.78 is 6.57. The van der Waals surface area contributed by atoms with Crippen molar-refractivity contribution in [1.82, 2.24) is 9.47 Å². The Labute approximate surface area is 162 Å². The van der Waals surface area contributed by atoms with Crippen LogP contribution in [0.25, 0.3) is 0 Å². The molecule has 1 aromatic carbocycles. The number of nitro groups is 1. The van der Waals surface area contributed by atoms with Crippen LogP contribution in [0.1, 0.15) is 30.7 Å². The van der Waals surface area contributed by atoms with Crippen LogP contribution in [-0.4, -0.2) is 46.0 Å². The fourth-order valence-corrected chi connectivity index (χ4v) is 3.68. The SMILES string of the molecule is COC(=O)[C@@H]1CCCN1C(=O)C(CCn1ccc([N+](=O)[O-])c1)c1ccccc1. The van der Waals surface area contributed by atoms with E-state index in [1.54, 1.807) is 15.7 Å². The molecule has 3 rings (SSSR count). The minimum Gasteiger partial charge on any atom is -0.467 e. The third-order valence-corrected chi connectivity index (χ3v) is 5.13. The standard InChI is InChI=1S/C20H23N3O5/c1-28-20(25)18-8-5-11-22(18)19(24)17(15-6-3-2-4-7-15)10-13-21-12-9-16(14-21)23(26)27/h2-4,6-7,9,12,14,17-18H,5,8,10-11,13H2,1H3/t17?,18-/m0/s1.